The number of benzene rings is 1. The van der Waals surface area contributed by atoms with Crippen LogP contribution < -0.4 is 10.6 Å². The molecule has 0 saturated carbocycles. The molecule has 1 aliphatic heterocycles. The average molecular weight is 436 g/mol. The van der Waals surface area contributed by atoms with Crippen molar-refractivity contribution in [2.75, 3.05) is 12.4 Å². The van der Waals surface area contributed by atoms with E-state index >= 15 is 0 Å². The van der Waals surface area contributed by atoms with E-state index in [9.17, 15) is 9.59 Å². The lowest BCUT2D eigenvalue weighted by molar-refractivity contribution is -0.138. The molecule has 154 valence electrons. The van der Waals surface area contributed by atoms with Crippen LogP contribution in [0.15, 0.2) is 40.7 Å². The number of hydrogen-bond acceptors (Lipinski definition) is 6. The fourth-order valence-electron chi connectivity index (χ4n) is 3.02. The SMILES string of the molecule is CCOC(=O)C1=C(CSc2nnc(-c3ccc(Cl)cc3)n2CC)NC(=O)NC1C. The molecule has 1 aromatic carbocycles. The van der Waals surface area contributed by atoms with Gasteiger partial charge in [-0.05, 0) is 45.0 Å². The maximum Gasteiger partial charge on any atom is 0.337 e. The van der Waals surface area contributed by atoms with Crippen LogP contribution in [0.5, 0.6) is 0 Å². The number of thioether (sulfide) groups is 1. The Morgan fingerprint density at radius 3 is 2.66 bits per heavy atom. The van der Waals surface area contributed by atoms with Crippen molar-refractivity contribution in [1.82, 2.24) is 25.4 Å². The highest BCUT2D eigenvalue weighted by Gasteiger charge is 2.30. The van der Waals surface area contributed by atoms with Crippen LogP contribution in [0, 0.1) is 0 Å². The van der Waals surface area contributed by atoms with Gasteiger partial charge in [0.05, 0.1) is 18.2 Å². The summed E-state index contributed by atoms with van der Waals surface area (Å²) in [6.45, 7) is 6.43. The fourth-order valence-corrected chi connectivity index (χ4v) is 4.12. The molecule has 29 heavy (non-hydrogen) atoms. The molecular formula is C19H22ClN5O3S. The summed E-state index contributed by atoms with van der Waals surface area (Å²) in [7, 11) is 0. The van der Waals surface area contributed by atoms with Gasteiger partial charge in [0.25, 0.3) is 0 Å². The zero-order valence-electron chi connectivity index (χ0n) is 16.4. The highest BCUT2D eigenvalue weighted by Crippen LogP contribution is 2.27. The summed E-state index contributed by atoms with van der Waals surface area (Å²) in [6.07, 6.45) is 0. The number of aromatic nitrogens is 3. The van der Waals surface area contributed by atoms with E-state index in [1.165, 1.54) is 11.8 Å². The molecule has 0 saturated heterocycles. The molecule has 1 atom stereocenters. The first-order valence-corrected chi connectivity index (χ1v) is 10.6. The van der Waals surface area contributed by atoms with Gasteiger partial charge < -0.3 is 19.9 Å². The molecule has 2 amide bonds. The van der Waals surface area contributed by atoms with E-state index in [0.717, 1.165) is 11.4 Å². The molecule has 0 radical (unpaired) electrons. The van der Waals surface area contributed by atoms with Gasteiger partial charge in [-0.1, -0.05) is 23.4 Å². The molecule has 0 aliphatic carbocycles. The molecule has 1 aromatic heterocycles. The molecule has 10 heteroatoms. The van der Waals surface area contributed by atoms with E-state index in [1.807, 2.05) is 23.6 Å². The van der Waals surface area contributed by atoms with Crippen LogP contribution in [0.2, 0.25) is 5.02 Å². The molecule has 1 unspecified atom stereocenters. The number of urea groups is 1. The number of ether oxygens (including phenoxy) is 1. The normalized spacial score (nSPS) is 16.4. The third-order valence-electron chi connectivity index (χ3n) is 4.35. The van der Waals surface area contributed by atoms with Crippen LogP contribution in [0.1, 0.15) is 20.8 Å². The zero-order valence-corrected chi connectivity index (χ0v) is 17.9. The van der Waals surface area contributed by atoms with Gasteiger partial charge in [0.2, 0.25) is 0 Å². The van der Waals surface area contributed by atoms with Crippen LogP contribution in [-0.4, -0.2) is 45.2 Å². The van der Waals surface area contributed by atoms with Gasteiger partial charge in [0.15, 0.2) is 11.0 Å². The predicted octanol–water partition coefficient (Wildman–Crippen LogP) is 3.23. The van der Waals surface area contributed by atoms with E-state index in [0.29, 0.717) is 33.7 Å². The minimum absolute atomic E-state index is 0.262. The van der Waals surface area contributed by atoms with E-state index in [-0.39, 0.29) is 12.6 Å². The molecule has 8 nitrogen and oxygen atoms in total. The smallest absolute Gasteiger partial charge is 0.337 e. The van der Waals surface area contributed by atoms with Crippen molar-refractivity contribution in [3.63, 3.8) is 0 Å². The summed E-state index contributed by atoms with van der Waals surface area (Å²) in [5.74, 6) is 0.640. The van der Waals surface area contributed by atoms with Crippen LogP contribution in [0.3, 0.4) is 0 Å². The van der Waals surface area contributed by atoms with E-state index in [4.69, 9.17) is 16.3 Å². The van der Waals surface area contributed by atoms with Gasteiger partial charge in [-0.3, -0.25) is 0 Å². The molecule has 0 fully saturated rings. The Bertz CT molecular complexity index is 942. The van der Waals surface area contributed by atoms with Crippen LogP contribution >= 0.6 is 23.4 Å². The number of carbonyl (C=O) groups is 2. The second-order valence-corrected chi connectivity index (χ2v) is 7.66. The van der Waals surface area contributed by atoms with Gasteiger partial charge in [-0.25, -0.2) is 9.59 Å². The van der Waals surface area contributed by atoms with Crippen molar-refractivity contribution >= 4 is 35.4 Å². The number of amides is 2. The standard InChI is InChI=1S/C19H22ClN5O3S/c1-4-25-16(12-6-8-13(20)9-7-12)23-24-19(25)29-10-14-15(17(26)28-5-2)11(3)21-18(27)22-14/h6-9,11H,4-5,10H2,1-3H3,(H2,21,22,27). The molecule has 0 spiro atoms. The van der Waals surface area contributed by atoms with Crippen LogP contribution in [0.25, 0.3) is 11.4 Å². The molecule has 0 bridgehead atoms. The molecule has 2 N–H and O–H groups in total. The third kappa shape index (κ3) is 4.73. The van der Waals surface area contributed by atoms with Crippen molar-refractivity contribution in [3.8, 4) is 11.4 Å². The van der Waals surface area contributed by atoms with Crippen molar-refractivity contribution in [3.05, 3.63) is 40.6 Å². The first-order chi connectivity index (χ1) is 13.9. The number of hydrogen-bond donors (Lipinski definition) is 2. The number of nitrogens with one attached hydrogen (secondary N) is 2. The number of esters is 1. The monoisotopic (exact) mass is 435 g/mol. The third-order valence-corrected chi connectivity index (χ3v) is 5.59. The van der Waals surface area contributed by atoms with E-state index in [1.54, 1.807) is 26.0 Å². The summed E-state index contributed by atoms with van der Waals surface area (Å²) in [5, 5.41) is 15.3. The molecule has 2 aromatic rings. The van der Waals surface area contributed by atoms with E-state index in [2.05, 4.69) is 20.8 Å². The van der Waals surface area contributed by atoms with Gasteiger partial charge in [-0.2, -0.15) is 0 Å². The number of carbonyl (C=O) groups excluding carboxylic acids is 2. The average Bonchev–Trinajstić information content (AvgIpc) is 3.09. The summed E-state index contributed by atoms with van der Waals surface area (Å²) < 4.78 is 7.12. The summed E-state index contributed by atoms with van der Waals surface area (Å²) in [6, 6.07) is 6.61. The Kier molecular flexibility index (Phi) is 6.81. The number of rotatable bonds is 7. The second-order valence-electron chi connectivity index (χ2n) is 6.28. The Hall–Kier alpha value is -2.52. The minimum atomic E-state index is -0.443. The van der Waals surface area contributed by atoms with Crippen LogP contribution in [-0.2, 0) is 16.1 Å². The highest BCUT2D eigenvalue weighted by molar-refractivity contribution is 7.99. The van der Waals surface area contributed by atoms with Gasteiger partial charge >= 0.3 is 12.0 Å². The highest BCUT2D eigenvalue weighted by atomic mass is 35.5. The summed E-state index contributed by atoms with van der Waals surface area (Å²) in [4.78, 5) is 24.3. The first kappa shape index (κ1) is 21.2. The number of halogens is 1. The fraction of sp³-hybridized carbons (Fsp3) is 0.368. The Labute approximate surface area is 178 Å². The molecular weight excluding hydrogens is 414 g/mol. The molecule has 1 aliphatic rings. The predicted molar refractivity (Wildman–Crippen MR) is 112 cm³/mol. The Morgan fingerprint density at radius 1 is 1.28 bits per heavy atom. The first-order valence-electron chi connectivity index (χ1n) is 9.24. The van der Waals surface area contributed by atoms with Gasteiger partial charge in [0, 0.05) is 28.6 Å². The van der Waals surface area contributed by atoms with Crippen molar-refractivity contribution < 1.29 is 14.3 Å². The van der Waals surface area contributed by atoms with Gasteiger partial charge in [-0.15, -0.1) is 10.2 Å². The maximum atomic E-state index is 12.4. The lowest BCUT2D eigenvalue weighted by Crippen LogP contribution is -2.49. The number of nitrogens with zero attached hydrogens (tertiary/aromatic N) is 3. The molecule has 3 rings (SSSR count). The maximum absolute atomic E-state index is 12.4. The second kappa shape index (κ2) is 9.32. The minimum Gasteiger partial charge on any atom is -0.463 e. The van der Waals surface area contributed by atoms with E-state index < -0.39 is 12.0 Å². The summed E-state index contributed by atoms with van der Waals surface area (Å²) in [5.41, 5.74) is 1.84. The Balaban J connectivity index is 1.86. The summed E-state index contributed by atoms with van der Waals surface area (Å²) >= 11 is 7.36. The van der Waals surface area contributed by atoms with Crippen LogP contribution in [0.4, 0.5) is 4.79 Å². The largest absolute Gasteiger partial charge is 0.463 e. The lowest BCUT2D eigenvalue weighted by atomic mass is 10.1. The Morgan fingerprint density at radius 2 is 2.00 bits per heavy atom. The quantitative estimate of drug-likeness (QED) is 0.511. The van der Waals surface area contributed by atoms with Gasteiger partial charge in [0.1, 0.15) is 0 Å². The molecule has 2 heterocycles. The zero-order chi connectivity index (χ0) is 21.0. The van der Waals surface area contributed by atoms with Crippen molar-refractivity contribution in [2.45, 2.75) is 38.5 Å². The lowest BCUT2D eigenvalue weighted by Gasteiger charge is -2.26. The van der Waals surface area contributed by atoms with Crippen molar-refractivity contribution in [1.29, 1.82) is 0 Å². The topological polar surface area (TPSA) is 98.1 Å². The van der Waals surface area contributed by atoms with Crippen molar-refractivity contribution in [2.24, 2.45) is 0 Å².